The molecule has 0 aliphatic carbocycles. The molecule has 0 saturated carbocycles. The number of aliphatic hydroxyl groups is 1. The number of amides is 6. The molecule has 4 bridgehead atoms. The van der Waals surface area contributed by atoms with Crippen LogP contribution in [0.5, 0.6) is 11.5 Å². The highest BCUT2D eigenvalue weighted by atomic mass is 19.1. The fourth-order valence-electron chi connectivity index (χ4n) is 14.1. The topological polar surface area (TPSA) is 312 Å². The van der Waals surface area contributed by atoms with Crippen molar-refractivity contribution >= 4 is 97.2 Å². The number of aromatic nitrogens is 1. The van der Waals surface area contributed by atoms with E-state index >= 15 is 9.18 Å². The van der Waals surface area contributed by atoms with Crippen LogP contribution in [0.25, 0.3) is 38.7 Å². The van der Waals surface area contributed by atoms with Crippen LogP contribution in [0, 0.1) is 36.5 Å². The Labute approximate surface area is 573 Å². The van der Waals surface area contributed by atoms with E-state index < -0.39 is 88.0 Å². The number of methoxy groups -OCH3 is 1. The van der Waals surface area contributed by atoms with Gasteiger partial charge >= 0.3 is 11.8 Å². The highest BCUT2D eigenvalue weighted by molar-refractivity contribution is 6.17. The Hall–Kier alpha value is -9.49. The number of carbonyl (C=O) groups excluding carboxylic acids is 7. The van der Waals surface area contributed by atoms with Crippen molar-refractivity contribution < 1.29 is 76.0 Å². The van der Waals surface area contributed by atoms with Crippen LogP contribution in [-0.2, 0) is 54.3 Å². The Morgan fingerprint density at radius 2 is 1.63 bits per heavy atom. The summed E-state index contributed by atoms with van der Waals surface area (Å²) >= 11 is 0. The Kier molecular flexibility index (Phi) is 22.9. The summed E-state index contributed by atoms with van der Waals surface area (Å²) in [5.74, 6) is -6.92. The van der Waals surface area contributed by atoms with Crippen molar-refractivity contribution in [1.29, 1.82) is 0 Å². The molecule has 25 heteroatoms. The van der Waals surface area contributed by atoms with Gasteiger partial charge in [0.25, 0.3) is 17.7 Å². The standard InChI is InChI=1S/C74H91FN8O16/c1-39(2)62(78-55(86)20-15-14-16-29-82-57(88)25-26-58(82)89)73(94)76-36-56(87)77-48-23-21-47(22-24-48)38-83(11,12)51-27-30-81(37-50(51)75)49-34-52(85)63-54(35-49)98-70-64(79-63)59-60-66(90)45(8)69-61(59)71(92)74(10,99-69)96-31-28-53(95-13)44(7)68(97-46(9)84)43(6)33-41(4)32-40(3)18-17-19-42(5)72(93)80-65(70)67(60)91/h17-19,21-26,28,31,34-35,39-41,43-44,50-51,53,62,68H,14-16,20,27,29-30,32-33,36-38H2,1-13H3,(H5-,76,77,78,79,80,85,86,87,88,89,90,91,92,93,94)/p+1/b18-17+,31-28+,42-19-/t40-,41+,43+,44+,50?,51?,53-,62?,68-,74-/m0/s1. The maximum atomic E-state index is 16.9. The number of quaternary nitrogens is 1. The van der Waals surface area contributed by atoms with E-state index in [9.17, 15) is 48.6 Å². The molecule has 1 fully saturated rings. The van der Waals surface area contributed by atoms with Crippen LogP contribution in [-0.4, -0.2) is 150 Å². The third-order valence-corrected chi connectivity index (χ3v) is 19.4. The number of ether oxygens (including phenoxy) is 4. The van der Waals surface area contributed by atoms with Gasteiger partial charge in [-0.05, 0) is 81.4 Å². The first kappa shape index (κ1) is 73.7. The number of phenolic OH excluding ortho intramolecular Hbond substituents is 1. The summed E-state index contributed by atoms with van der Waals surface area (Å²) in [4.78, 5) is 127. The highest BCUT2D eigenvalue weighted by Gasteiger charge is 2.45. The predicted molar refractivity (Wildman–Crippen MR) is 373 cm³/mol. The number of nitrogens with zero attached hydrogens (tertiary/aromatic N) is 4. The molecule has 530 valence electrons. The van der Waals surface area contributed by atoms with Crippen LogP contribution in [0.2, 0.25) is 0 Å². The van der Waals surface area contributed by atoms with E-state index in [1.54, 1.807) is 56.0 Å². The lowest BCUT2D eigenvalue weighted by atomic mass is 9.82. The van der Waals surface area contributed by atoms with Crippen LogP contribution in [0.4, 0.5) is 21.5 Å². The maximum Gasteiger partial charge on any atom is 0.307 e. The summed E-state index contributed by atoms with van der Waals surface area (Å²) in [7, 11) is 5.37. The number of esters is 1. The van der Waals surface area contributed by atoms with Crippen LogP contribution >= 0.6 is 0 Å². The second kappa shape index (κ2) is 30.7. The first-order chi connectivity index (χ1) is 46.8. The van der Waals surface area contributed by atoms with Gasteiger partial charge in [0.1, 0.15) is 47.4 Å². The normalized spacial score (nSPS) is 24.7. The Balaban J connectivity index is 0.926. The van der Waals surface area contributed by atoms with Gasteiger partial charge in [0.15, 0.2) is 28.6 Å². The first-order valence-electron chi connectivity index (χ1n) is 33.8. The second-order valence-corrected chi connectivity index (χ2v) is 28.0. The van der Waals surface area contributed by atoms with E-state index in [0.717, 1.165) is 16.9 Å². The summed E-state index contributed by atoms with van der Waals surface area (Å²) in [6.07, 6.45) is 11.6. The fourth-order valence-corrected chi connectivity index (χ4v) is 14.1. The number of phenols is 1. The van der Waals surface area contributed by atoms with Gasteiger partial charge in [0.2, 0.25) is 28.6 Å². The smallest absolute Gasteiger partial charge is 0.307 e. The van der Waals surface area contributed by atoms with Crippen molar-refractivity contribution in [3.05, 3.63) is 121 Å². The molecular weight excluding hydrogens is 1280 g/mol. The van der Waals surface area contributed by atoms with Crippen LogP contribution in [0.15, 0.2) is 98.7 Å². The number of fused-ring (bicyclic) bond motifs is 2. The summed E-state index contributed by atoms with van der Waals surface area (Å²) < 4.78 is 48.1. The zero-order valence-electron chi connectivity index (χ0n) is 58.5. The molecule has 0 spiro atoms. The predicted octanol–water partition coefficient (Wildman–Crippen LogP) is 8.49. The zero-order chi connectivity index (χ0) is 72.1. The monoisotopic (exact) mass is 1370 g/mol. The number of anilines is 3. The van der Waals surface area contributed by atoms with Crippen LogP contribution in [0.3, 0.4) is 0 Å². The Morgan fingerprint density at radius 3 is 2.29 bits per heavy atom. The fraction of sp³-hybridized carbons (Fsp3) is 0.486. The zero-order valence-corrected chi connectivity index (χ0v) is 58.5. The van der Waals surface area contributed by atoms with Gasteiger partial charge in [-0.3, -0.25) is 48.1 Å². The summed E-state index contributed by atoms with van der Waals surface area (Å²) in [5.41, 5.74) is -0.935. The van der Waals surface area contributed by atoms with E-state index in [1.165, 1.54) is 58.4 Å². The Bertz CT molecular complexity index is 4280. The molecule has 4 aromatic carbocycles. The van der Waals surface area contributed by atoms with Gasteiger partial charge in [-0.15, -0.1) is 0 Å². The number of rotatable bonds is 18. The molecule has 4 aliphatic heterocycles. The number of nitrogens with one attached hydrogen (secondary N) is 4. The number of unbranched alkanes of at least 4 members (excludes halogenated alkanes) is 2. The molecule has 24 nitrogen and oxygen atoms in total. The van der Waals surface area contributed by atoms with Crippen molar-refractivity contribution in [3.63, 3.8) is 0 Å². The lowest BCUT2D eigenvalue weighted by Crippen LogP contribution is -2.59. The van der Waals surface area contributed by atoms with Crippen molar-refractivity contribution in [2.24, 2.45) is 29.6 Å². The average Bonchev–Trinajstić information content (AvgIpc) is 1.66. The molecule has 6 amide bonds. The SMILES string of the molecule is CO[C@H]1/C=C/O[C@@]2(C)Oc3c(C)c(O)c4c(=O)c(c5oc6cc(N7CCC([N+](C)(C)Cc8ccc(NC(=O)CNC(=O)C(NC(=O)CCCCCN9C(=O)C=CC9=O)C(C)C)cc8)C(F)C7)cc(=O)c6nc5c4c3=C2O)NC(=O)/C(C)=C\C=C\[C@H](C)C[C@@H](C)C[C@@H](C)[C@H](OC(C)=O)[C@@H]1C. The number of allylic oxidation sites excluding steroid dienone is 3. The summed E-state index contributed by atoms with van der Waals surface area (Å²) in [6.45, 7) is 18.0. The van der Waals surface area contributed by atoms with Crippen molar-refractivity contribution in [2.75, 3.05) is 62.9 Å². The number of hydrogen-bond donors (Lipinski definition) is 6. The van der Waals surface area contributed by atoms with Crippen molar-refractivity contribution in [1.82, 2.24) is 20.5 Å². The first-order valence-corrected chi connectivity index (χ1v) is 33.8. The minimum absolute atomic E-state index is 0.0336. The van der Waals surface area contributed by atoms with E-state index in [0.29, 0.717) is 56.6 Å². The van der Waals surface area contributed by atoms with Gasteiger partial charge in [-0.1, -0.05) is 78.3 Å². The molecule has 5 heterocycles. The lowest BCUT2D eigenvalue weighted by Gasteiger charge is -2.45. The minimum Gasteiger partial charge on any atom is -0.507 e. The number of aliphatic hydroxyl groups excluding tert-OH is 1. The largest absolute Gasteiger partial charge is 0.507 e. The minimum atomic E-state index is -2.00. The lowest BCUT2D eigenvalue weighted by molar-refractivity contribution is -0.931. The highest BCUT2D eigenvalue weighted by Crippen LogP contribution is 2.43. The van der Waals surface area contributed by atoms with Crippen molar-refractivity contribution in [3.8, 4) is 11.5 Å². The van der Waals surface area contributed by atoms with Crippen LogP contribution < -0.4 is 47.0 Å². The molecule has 4 aliphatic rings. The quantitative estimate of drug-likeness (QED) is 0.0120. The van der Waals surface area contributed by atoms with Gasteiger partial charge in [0, 0.05) is 111 Å². The number of benzene rings is 4. The van der Waals surface area contributed by atoms with Gasteiger partial charge < -0.3 is 64.2 Å². The number of piperidine rings is 1. The molecule has 1 aromatic heterocycles. The van der Waals surface area contributed by atoms with Gasteiger partial charge in [-0.25, -0.2) is 9.37 Å². The van der Waals surface area contributed by atoms with Gasteiger partial charge in [0.05, 0.1) is 50.2 Å². The number of halogens is 1. The van der Waals surface area contributed by atoms with Crippen molar-refractivity contribution in [2.45, 2.75) is 157 Å². The average molecular weight is 1370 g/mol. The van der Waals surface area contributed by atoms with Gasteiger partial charge in [-0.2, -0.15) is 0 Å². The molecule has 10 atom stereocenters. The Morgan fingerprint density at radius 1 is 0.919 bits per heavy atom. The summed E-state index contributed by atoms with van der Waals surface area (Å²) in [6, 6.07) is 8.53. The second-order valence-electron chi connectivity index (χ2n) is 28.0. The molecule has 9 rings (SSSR count). The third kappa shape index (κ3) is 16.5. The number of imide groups is 1. The third-order valence-electron chi connectivity index (χ3n) is 19.4. The number of aromatic hydroxyl groups is 1. The van der Waals surface area contributed by atoms with E-state index in [4.69, 9.17) is 28.3 Å². The number of carbonyl (C=O) groups is 7. The molecule has 5 aromatic rings. The molecular formula is C74H92FN8O16+. The molecule has 6 N–H and O–H groups in total. The molecule has 0 radical (unpaired) electrons. The number of hydrogen-bond acceptors (Lipinski definition) is 18. The van der Waals surface area contributed by atoms with E-state index in [1.807, 2.05) is 46.2 Å². The maximum absolute atomic E-state index is 16.9. The van der Waals surface area contributed by atoms with Crippen LogP contribution in [0.1, 0.15) is 118 Å². The molecule has 1 saturated heterocycles. The van der Waals surface area contributed by atoms with E-state index in [-0.39, 0.29) is 133 Å². The molecule has 3 unspecified atom stereocenters. The summed E-state index contributed by atoms with van der Waals surface area (Å²) in [5, 5.41) is 34.7. The molecule has 99 heavy (non-hydrogen) atoms. The van der Waals surface area contributed by atoms with E-state index in [2.05, 4.69) is 35.1 Å². The number of alkyl halides is 1.